The molecule has 5 nitrogen and oxygen atoms in total. The summed E-state index contributed by atoms with van der Waals surface area (Å²) in [5, 5.41) is 3.46. The first-order valence-corrected chi connectivity index (χ1v) is 8.55. The normalized spacial score (nSPS) is 15.1. The molecule has 1 heterocycles. The first-order valence-electron chi connectivity index (χ1n) is 8.17. The van der Waals surface area contributed by atoms with E-state index in [0.29, 0.717) is 29.4 Å². The molecule has 0 bridgehead atoms. The standard InChI is InChI=1S/C19H19ClN2O3/c1-13(25-15-10-8-14(20)9-11-15)19(24)21-16-5-2-3-6-17(16)22-12-4-7-18(22)23/h2-3,5-6,8-11,13H,4,7,12H2,1H3,(H,21,24)/t13-/m0/s1. The Hall–Kier alpha value is -2.53. The first-order chi connectivity index (χ1) is 12.0. The zero-order valence-corrected chi connectivity index (χ0v) is 14.6. The third-order valence-electron chi connectivity index (χ3n) is 4.02. The average Bonchev–Trinajstić information content (AvgIpc) is 3.03. The quantitative estimate of drug-likeness (QED) is 0.882. The minimum absolute atomic E-state index is 0.0761. The highest BCUT2D eigenvalue weighted by Crippen LogP contribution is 2.29. The van der Waals surface area contributed by atoms with Crippen molar-refractivity contribution in [2.24, 2.45) is 0 Å². The summed E-state index contributed by atoms with van der Waals surface area (Å²) in [6, 6.07) is 14.1. The molecule has 1 saturated heterocycles. The summed E-state index contributed by atoms with van der Waals surface area (Å²) >= 11 is 5.84. The van der Waals surface area contributed by atoms with E-state index in [2.05, 4.69) is 5.32 Å². The van der Waals surface area contributed by atoms with Crippen LogP contribution in [0.2, 0.25) is 5.02 Å². The number of para-hydroxylation sites is 2. The Balaban J connectivity index is 1.70. The van der Waals surface area contributed by atoms with Crippen LogP contribution in [0.25, 0.3) is 0 Å². The van der Waals surface area contributed by atoms with Crippen LogP contribution in [0.5, 0.6) is 5.75 Å². The van der Waals surface area contributed by atoms with Crippen molar-refractivity contribution in [3.63, 3.8) is 0 Å². The summed E-state index contributed by atoms with van der Waals surface area (Å²) in [5.74, 6) is 0.358. The molecule has 1 atom stereocenters. The molecule has 3 rings (SSSR count). The summed E-state index contributed by atoms with van der Waals surface area (Å²) in [6.07, 6.45) is 0.679. The van der Waals surface area contributed by atoms with Gasteiger partial charge in [0.25, 0.3) is 5.91 Å². The van der Waals surface area contributed by atoms with E-state index in [0.717, 1.165) is 12.1 Å². The molecule has 2 amide bonds. The van der Waals surface area contributed by atoms with E-state index in [9.17, 15) is 9.59 Å². The highest BCUT2D eigenvalue weighted by molar-refractivity contribution is 6.30. The molecule has 25 heavy (non-hydrogen) atoms. The van der Waals surface area contributed by atoms with Gasteiger partial charge in [-0.15, -0.1) is 0 Å². The molecule has 1 aliphatic rings. The highest BCUT2D eigenvalue weighted by Gasteiger charge is 2.25. The maximum absolute atomic E-state index is 12.5. The van der Waals surface area contributed by atoms with Crippen LogP contribution < -0.4 is 15.0 Å². The van der Waals surface area contributed by atoms with Crippen molar-refractivity contribution in [2.75, 3.05) is 16.8 Å². The van der Waals surface area contributed by atoms with E-state index in [1.54, 1.807) is 42.2 Å². The number of anilines is 2. The van der Waals surface area contributed by atoms with Gasteiger partial charge in [0.15, 0.2) is 6.10 Å². The molecule has 130 valence electrons. The van der Waals surface area contributed by atoms with E-state index < -0.39 is 6.10 Å². The summed E-state index contributed by atoms with van der Waals surface area (Å²) < 4.78 is 5.64. The van der Waals surface area contributed by atoms with Gasteiger partial charge in [-0.05, 0) is 49.7 Å². The van der Waals surface area contributed by atoms with Gasteiger partial charge in [-0.1, -0.05) is 23.7 Å². The van der Waals surface area contributed by atoms with Crippen molar-refractivity contribution < 1.29 is 14.3 Å². The zero-order valence-electron chi connectivity index (χ0n) is 13.9. The number of ether oxygens (including phenoxy) is 1. The molecule has 2 aromatic carbocycles. The topological polar surface area (TPSA) is 58.6 Å². The molecular formula is C19H19ClN2O3. The van der Waals surface area contributed by atoms with E-state index in [1.165, 1.54) is 0 Å². The van der Waals surface area contributed by atoms with Crippen LogP contribution in [0, 0.1) is 0 Å². The summed E-state index contributed by atoms with van der Waals surface area (Å²) in [4.78, 5) is 26.2. The van der Waals surface area contributed by atoms with E-state index in [-0.39, 0.29) is 11.8 Å². The summed E-state index contributed by atoms with van der Waals surface area (Å²) in [7, 11) is 0. The first kappa shape index (κ1) is 17.3. The highest BCUT2D eigenvalue weighted by atomic mass is 35.5. The zero-order chi connectivity index (χ0) is 17.8. The second-order valence-corrected chi connectivity index (χ2v) is 6.31. The Morgan fingerprint density at radius 2 is 1.92 bits per heavy atom. The number of hydrogen-bond acceptors (Lipinski definition) is 3. The van der Waals surface area contributed by atoms with Crippen molar-refractivity contribution in [3.05, 3.63) is 53.6 Å². The maximum Gasteiger partial charge on any atom is 0.265 e. The van der Waals surface area contributed by atoms with Crippen LogP contribution in [-0.4, -0.2) is 24.5 Å². The minimum atomic E-state index is -0.691. The Kier molecular flexibility index (Phi) is 5.24. The third kappa shape index (κ3) is 4.12. The molecule has 0 aliphatic carbocycles. The number of benzene rings is 2. The Labute approximate surface area is 151 Å². The van der Waals surface area contributed by atoms with Crippen molar-refractivity contribution in [1.29, 1.82) is 0 Å². The fourth-order valence-corrected chi connectivity index (χ4v) is 2.85. The lowest BCUT2D eigenvalue weighted by molar-refractivity contribution is -0.122. The van der Waals surface area contributed by atoms with Gasteiger partial charge in [-0.2, -0.15) is 0 Å². The number of rotatable bonds is 5. The number of carbonyl (C=O) groups is 2. The van der Waals surface area contributed by atoms with E-state index >= 15 is 0 Å². The lowest BCUT2D eigenvalue weighted by Crippen LogP contribution is -2.31. The fraction of sp³-hybridized carbons (Fsp3) is 0.263. The Morgan fingerprint density at radius 1 is 1.20 bits per heavy atom. The molecule has 0 unspecified atom stereocenters. The molecule has 0 spiro atoms. The lowest BCUT2D eigenvalue weighted by Gasteiger charge is -2.21. The molecular weight excluding hydrogens is 340 g/mol. The lowest BCUT2D eigenvalue weighted by atomic mass is 10.2. The van der Waals surface area contributed by atoms with Crippen LogP contribution >= 0.6 is 11.6 Å². The molecule has 1 N–H and O–H groups in total. The van der Waals surface area contributed by atoms with Crippen LogP contribution in [0.3, 0.4) is 0 Å². The largest absolute Gasteiger partial charge is 0.481 e. The van der Waals surface area contributed by atoms with Crippen LogP contribution in [0.15, 0.2) is 48.5 Å². The van der Waals surface area contributed by atoms with Crippen molar-refractivity contribution in [1.82, 2.24) is 0 Å². The van der Waals surface area contributed by atoms with Gasteiger partial charge in [0.1, 0.15) is 5.75 Å². The van der Waals surface area contributed by atoms with Crippen molar-refractivity contribution >= 4 is 34.8 Å². The fourth-order valence-electron chi connectivity index (χ4n) is 2.72. The Bertz CT molecular complexity index is 776. The molecule has 0 radical (unpaired) electrons. The predicted octanol–water partition coefficient (Wildman–Crippen LogP) is 3.87. The molecule has 0 saturated carbocycles. The minimum Gasteiger partial charge on any atom is -0.481 e. The predicted molar refractivity (Wildman–Crippen MR) is 98.2 cm³/mol. The summed E-state index contributed by atoms with van der Waals surface area (Å²) in [5.41, 5.74) is 1.33. The number of amides is 2. The number of nitrogens with zero attached hydrogens (tertiary/aromatic N) is 1. The van der Waals surface area contributed by atoms with Crippen molar-refractivity contribution in [3.8, 4) is 5.75 Å². The van der Waals surface area contributed by atoms with Gasteiger partial charge >= 0.3 is 0 Å². The Morgan fingerprint density at radius 3 is 2.60 bits per heavy atom. The van der Waals surface area contributed by atoms with E-state index in [1.807, 2.05) is 18.2 Å². The second-order valence-electron chi connectivity index (χ2n) is 5.87. The van der Waals surface area contributed by atoms with Gasteiger partial charge in [0, 0.05) is 18.0 Å². The molecule has 6 heteroatoms. The monoisotopic (exact) mass is 358 g/mol. The molecule has 0 aromatic heterocycles. The second kappa shape index (κ2) is 7.57. The van der Waals surface area contributed by atoms with Gasteiger partial charge in [0.2, 0.25) is 5.91 Å². The number of carbonyl (C=O) groups excluding carboxylic acids is 2. The SMILES string of the molecule is C[C@H](Oc1ccc(Cl)cc1)C(=O)Nc1ccccc1N1CCCC1=O. The number of hydrogen-bond donors (Lipinski definition) is 1. The molecule has 1 fully saturated rings. The van der Waals surface area contributed by atoms with Crippen molar-refractivity contribution in [2.45, 2.75) is 25.9 Å². The third-order valence-corrected chi connectivity index (χ3v) is 4.27. The number of nitrogens with one attached hydrogen (secondary N) is 1. The van der Waals surface area contributed by atoms with Gasteiger partial charge in [-0.3, -0.25) is 9.59 Å². The van der Waals surface area contributed by atoms with Crippen LogP contribution in [0.4, 0.5) is 11.4 Å². The average molecular weight is 359 g/mol. The van der Waals surface area contributed by atoms with Gasteiger partial charge < -0.3 is 15.0 Å². The number of halogens is 1. The van der Waals surface area contributed by atoms with Gasteiger partial charge in [-0.25, -0.2) is 0 Å². The van der Waals surface area contributed by atoms with Crippen LogP contribution in [-0.2, 0) is 9.59 Å². The molecule has 2 aromatic rings. The maximum atomic E-state index is 12.5. The molecule has 1 aliphatic heterocycles. The van der Waals surface area contributed by atoms with E-state index in [4.69, 9.17) is 16.3 Å². The smallest absolute Gasteiger partial charge is 0.265 e. The van der Waals surface area contributed by atoms with Crippen LogP contribution in [0.1, 0.15) is 19.8 Å². The summed E-state index contributed by atoms with van der Waals surface area (Å²) in [6.45, 7) is 2.34. The van der Waals surface area contributed by atoms with Gasteiger partial charge in [0.05, 0.1) is 11.4 Å².